The Morgan fingerprint density at radius 1 is 1.57 bits per heavy atom. The average molecular weight is 316 g/mol. The predicted octanol–water partition coefficient (Wildman–Crippen LogP) is 1.87. The topological polar surface area (TPSA) is 107 Å². The van der Waals surface area contributed by atoms with Gasteiger partial charge in [-0.2, -0.15) is 0 Å². The van der Waals surface area contributed by atoms with Crippen molar-refractivity contribution in [2.24, 2.45) is 5.73 Å². The highest BCUT2D eigenvalue weighted by Gasteiger charge is 2.29. The molecule has 0 aliphatic carbocycles. The van der Waals surface area contributed by atoms with Gasteiger partial charge in [0.25, 0.3) is 5.69 Å². The van der Waals surface area contributed by atoms with Crippen LogP contribution >= 0.6 is 11.6 Å². The van der Waals surface area contributed by atoms with Crippen molar-refractivity contribution in [3.63, 3.8) is 0 Å². The van der Waals surface area contributed by atoms with Crippen LogP contribution in [-0.4, -0.2) is 29.5 Å². The van der Waals surface area contributed by atoms with Gasteiger partial charge in [-0.1, -0.05) is 18.5 Å². The van der Waals surface area contributed by atoms with E-state index >= 15 is 0 Å². The van der Waals surface area contributed by atoms with E-state index in [1.54, 1.807) is 6.92 Å². The number of carbonyl (C=O) groups excluding carboxylic acids is 1. The second kappa shape index (κ2) is 7.24. The minimum absolute atomic E-state index is 0.00171. The molecule has 0 aliphatic heterocycles. The number of likely N-dealkylation sites (N-methyl/N-ethyl adjacent to an activating group) is 1. The van der Waals surface area contributed by atoms with Gasteiger partial charge in [0.1, 0.15) is 10.8 Å². The molecule has 1 rings (SSSR count). The average Bonchev–Trinajstić information content (AvgIpc) is 2.38. The van der Waals surface area contributed by atoms with Gasteiger partial charge >= 0.3 is 0 Å². The number of carbonyl (C=O) groups is 1. The highest BCUT2D eigenvalue weighted by Crippen LogP contribution is 2.28. The van der Waals surface area contributed by atoms with Crippen molar-refractivity contribution in [1.82, 2.24) is 5.32 Å². The number of nitrogens with one attached hydrogen (secondary N) is 1. The third-order valence-corrected chi connectivity index (χ3v) is 3.40. The molecule has 7 nitrogen and oxygen atoms in total. The molecule has 0 heterocycles. The summed E-state index contributed by atoms with van der Waals surface area (Å²) in [5.74, 6) is -0.0661. The fourth-order valence-corrected chi connectivity index (χ4v) is 2.03. The summed E-state index contributed by atoms with van der Waals surface area (Å²) in [4.78, 5) is 21.5. The minimum Gasteiger partial charge on any atom is -0.493 e. The Labute approximate surface area is 127 Å². The van der Waals surface area contributed by atoms with E-state index in [-0.39, 0.29) is 17.3 Å². The number of halogens is 1. The molecule has 8 heteroatoms. The van der Waals surface area contributed by atoms with Crippen molar-refractivity contribution in [2.75, 3.05) is 13.2 Å². The van der Waals surface area contributed by atoms with E-state index in [9.17, 15) is 14.9 Å². The van der Waals surface area contributed by atoms with E-state index in [4.69, 9.17) is 22.1 Å². The molecule has 21 heavy (non-hydrogen) atoms. The molecule has 1 amide bonds. The van der Waals surface area contributed by atoms with Crippen LogP contribution in [0.25, 0.3) is 0 Å². The Morgan fingerprint density at radius 2 is 2.24 bits per heavy atom. The van der Waals surface area contributed by atoms with Crippen LogP contribution in [0.15, 0.2) is 18.2 Å². The van der Waals surface area contributed by atoms with Crippen LogP contribution in [-0.2, 0) is 4.79 Å². The number of hydrogen-bond donors (Lipinski definition) is 2. The fraction of sp³-hybridized carbons (Fsp3) is 0.462. The van der Waals surface area contributed by atoms with Crippen LogP contribution in [0, 0.1) is 10.1 Å². The van der Waals surface area contributed by atoms with E-state index in [1.807, 2.05) is 6.92 Å². The predicted molar refractivity (Wildman–Crippen MR) is 79.5 cm³/mol. The smallest absolute Gasteiger partial charge is 0.288 e. The normalized spacial score (nSPS) is 13.5. The lowest BCUT2D eigenvalue weighted by Crippen LogP contribution is -2.53. The lowest BCUT2D eigenvalue weighted by molar-refractivity contribution is -0.384. The summed E-state index contributed by atoms with van der Waals surface area (Å²) in [6.45, 7) is 4.40. The monoisotopic (exact) mass is 315 g/mol. The molecular formula is C13H18ClN3O4. The largest absolute Gasteiger partial charge is 0.493 e. The Kier molecular flexibility index (Phi) is 5.92. The first-order chi connectivity index (χ1) is 9.80. The first-order valence-electron chi connectivity index (χ1n) is 6.42. The number of primary amides is 1. The van der Waals surface area contributed by atoms with Crippen LogP contribution in [0.4, 0.5) is 5.69 Å². The van der Waals surface area contributed by atoms with E-state index in [0.717, 1.165) is 0 Å². The maximum absolute atomic E-state index is 11.4. The lowest BCUT2D eigenvalue weighted by atomic mass is 9.97. The number of nitrogens with two attached hydrogens (primary N) is 1. The van der Waals surface area contributed by atoms with Crippen LogP contribution < -0.4 is 15.8 Å². The fourth-order valence-electron chi connectivity index (χ4n) is 1.79. The maximum Gasteiger partial charge on any atom is 0.288 e. The number of amides is 1. The SMILES string of the molecule is CCNC(C)(CCOc1ccc([N+](=O)[O-])c(Cl)c1)C(N)=O. The molecule has 1 unspecified atom stereocenters. The molecule has 116 valence electrons. The summed E-state index contributed by atoms with van der Waals surface area (Å²) in [5, 5.41) is 13.7. The number of nitro benzene ring substituents is 1. The summed E-state index contributed by atoms with van der Waals surface area (Å²) in [5.41, 5.74) is 4.32. The Balaban J connectivity index is 2.65. The van der Waals surface area contributed by atoms with E-state index < -0.39 is 16.4 Å². The molecular weight excluding hydrogens is 298 g/mol. The zero-order valence-corrected chi connectivity index (χ0v) is 12.6. The first kappa shape index (κ1) is 17.2. The lowest BCUT2D eigenvalue weighted by Gasteiger charge is -2.26. The zero-order valence-electron chi connectivity index (χ0n) is 11.9. The minimum atomic E-state index is -0.862. The number of benzene rings is 1. The molecule has 1 atom stereocenters. The van der Waals surface area contributed by atoms with Crippen molar-refractivity contribution < 1.29 is 14.5 Å². The zero-order chi connectivity index (χ0) is 16.0. The number of rotatable bonds is 8. The van der Waals surface area contributed by atoms with Crippen LogP contribution in [0.1, 0.15) is 20.3 Å². The second-order valence-electron chi connectivity index (χ2n) is 4.70. The first-order valence-corrected chi connectivity index (χ1v) is 6.79. The van der Waals surface area contributed by atoms with E-state index in [1.165, 1.54) is 18.2 Å². The van der Waals surface area contributed by atoms with E-state index in [0.29, 0.717) is 18.7 Å². The molecule has 0 radical (unpaired) electrons. The summed E-state index contributed by atoms with van der Waals surface area (Å²) < 4.78 is 5.46. The number of ether oxygens (including phenoxy) is 1. The van der Waals surface area contributed by atoms with Gasteiger partial charge in [-0.3, -0.25) is 14.9 Å². The van der Waals surface area contributed by atoms with Crippen molar-refractivity contribution >= 4 is 23.2 Å². The molecule has 0 spiro atoms. The van der Waals surface area contributed by atoms with Crippen LogP contribution in [0.3, 0.4) is 0 Å². The third-order valence-electron chi connectivity index (χ3n) is 3.10. The molecule has 3 N–H and O–H groups in total. The summed E-state index contributed by atoms with van der Waals surface area (Å²) in [7, 11) is 0. The summed E-state index contributed by atoms with van der Waals surface area (Å²) >= 11 is 5.79. The van der Waals surface area contributed by atoms with Crippen molar-refractivity contribution in [1.29, 1.82) is 0 Å². The van der Waals surface area contributed by atoms with Gasteiger partial charge in [0, 0.05) is 18.6 Å². The Morgan fingerprint density at radius 3 is 2.71 bits per heavy atom. The highest BCUT2D eigenvalue weighted by atomic mass is 35.5. The van der Waals surface area contributed by atoms with Gasteiger partial charge in [0.05, 0.1) is 17.1 Å². The van der Waals surface area contributed by atoms with Crippen LogP contribution in [0.5, 0.6) is 5.75 Å². The number of hydrogen-bond acceptors (Lipinski definition) is 5. The van der Waals surface area contributed by atoms with Crippen LogP contribution in [0.2, 0.25) is 5.02 Å². The maximum atomic E-state index is 11.4. The van der Waals surface area contributed by atoms with Gasteiger partial charge in [0.15, 0.2) is 0 Å². The van der Waals surface area contributed by atoms with Gasteiger partial charge < -0.3 is 15.8 Å². The molecule has 1 aromatic rings. The van der Waals surface area contributed by atoms with Gasteiger partial charge in [0.2, 0.25) is 5.91 Å². The second-order valence-corrected chi connectivity index (χ2v) is 5.10. The van der Waals surface area contributed by atoms with Gasteiger partial charge in [-0.25, -0.2) is 0 Å². The molecule has 0 fully saturated rings. The summed E-state index contributed by atoms with van der Waals surface area (Å²) in [6.07, 6.45) is 0.366. The van der Waals surface area contributed by atoms with Gasteiger partial charge in [-0.15, -0.1) is 0 Å². The standard InChI is InChI=1S/C13H18ClN3O4/c1-3-16-13(2,12(15)18)6-7-21-9-4-5-11(17(19)20)10(14)8-9/h4-5,8,16H,3,6-7H2,1-2H3,(H2,15,18). The number of nitrogens with zero attached hydrogens (tertiary/aromatic N) is 1. The van der Waals surface area contributed by atoms with Crippen molar-refractivity contribution in [2.45, 2.75) is 25.8 Å². The highest BCUT2D eigenvalue weighted by molar-refractivity contribution is 6.32. The van der Waals surface area contributed by atoms with Crippen molar-refractivity contribution in [3.8, 4) is 5.75 Å². The molecule has 0 bridgehead atoms. The van der Waals surface area contributed by atoms with E-state index in [2.05, 4.69) is 5.32 Å². The van der Waals surface area contributed by atoms with Crippen molar-refractivity contribution in [3.05, 3.63) is 33.3 Å². The molecule has 0 saturated heterocycles. The number of nitro groups is 1. The summed E-state index contributed by atoms with van der Waals surface area (Å²) in [6, 6.07) is 4.10. The molecule has 1 aromatic carbocycles. The Hall–Kier alpha value is -1.86. The quantitative estimate of drug-likeness (QED) is 0.562. The van der Waals surface area contributed by atoms with Gasteiger partial charge in [-0.05, 0) is 19.5 Å². The molecule has 0 aromatic heterocycles. The molecule has 0 saturated carbocycles. The Bertz CT molecular complexity index is 538. The molecule has 0 aliphatic rings. The third kappa shape index (κ3) is 4.57.